The molecular weight excluding hydrogens is 272 g/mol. The summed E-state index contributed by atoms with van der Waals surface area (Å²) in [6.07, 6.45) is 1.64. The lowest BCUT2D eigenvalue weighted by Gasteiger charge is -2.22. The van der Waals surface area contributed by atoms with Gasteiger partial charge in [0.15, 0.2) is 0 Å². The second kappa shape index (κ2) is 7.78. The lowest BCUT2D eigenvalue weighted by atomic mass is 10.1. The molecule has 1 heterocycles. The summed E-state index contributed by atoms with van der Waals surface area (Å²) < 4.78 is 1.73. The van der Waals surface area contributed by atoms with Crippen LogP contribution in [0.2, 0.25) is 0 Å². The van der Waals surface area contributed by atoms with Gasteiger partial charge in [-0.1, -0.05) is 13.8 Å². The van der Waals surface area contributed by atoms with Gasteiger partial charge in [0.05, 0.1) is 18.7 Å². The molecule has 0 aromatic carbocycles. The maximum Gasteiger partial charge on any atom is 0.307 e. The zero-order chi connectivity index (χ0) is 16.0. The van der Waals surface area contributed by atoms with Crippen LogP contribution in [0.4, 0.5) is 5.82 Å². The third-order valence-electron chi connectivity index (χ3n) is 3.19. The predicted octanol–water partition coefficient (Wildman–Crippen LogP) is 1.45. The predicted molar refractivity (Wildman–Crippen MR) is 80.2 cm³/mol. The third-order valence-corrected chi connectivity index (χ3v) is 3.19. The van der Waals surface area contributed by atoms with Crippen molar-refractivity contribution in [2.45, 2.75) is 33.7 Å². The van der Waals surface area contributed by atoms with Crippen molar-refractivity contribution in [1.29, 1.82) is 0 Å². The van der Waals surface area contributed by atoms with E-state index in [9.17, 15) is 9.59 Å². The highest BCUT2D eigenvalue weighted by atomic mass is 16.4. The summed E-state index contributed by atoms with van der Waals surface area (Å²) in [5.41, 5.74) is 0. The van der Waals surface area contributed by atoms with Crippen molar-refractivity contribution in [3.63, 3.8) is 0 Å². The fourth-order valence-electron chi connectivity index (χ4n) is 1.98. The van der Waals surface area contributed by atoms with Gasteiger partial charge in [0, 0.05) is 18.7 Å². The van der Waals surface area contributed by atoms with Crippen LogP contribution >= 0.6 is 0 Å². The standard InChI is InChI=1S/C14H24N4O3/c1-5-17(8-11(4)14(20)21)9-13(19)16-12-6-7-15-18(12)10(2)3/h6-7,10-11H,5,8-9H2,1-4H3,(H,16,19)(H,20,21). The number of carbonyl (C=O) groups excluding carboxylic acids is 1. The fraction of sp³-hybridized carbons (Fsp3) is 0.643. The molecule has 0 fully saturated rings. The van der Waals surface area contributed by atoms with Gasteiger partial charge in [0.1, 0.15) is 5.82 Å². The number of carbonyl (C=O) groups is 2. The Morgan fingerprint density at radius 1 is 1.43 bits per heavy atom. The number of nitrogens with zero attached hydrogens (tertiary/aromatic N) is 3. The molecule has 0 aliphatic carbocycles. The van der Waals surface area contributed by atoms with Crippen LogP contribution in [0.5, 0.6) is 0 Å². The minimum atomic E-state index is -0.855. The lowest BCUT2D eigenvalue weighted by molar-refractivity contribution is -0.142. The van der Waals surface area contributed by atoms with Crippen LogP contribution in [-0.2, 0) is 9.59 Å². The van der Waals surface area contributed by atoms with E-state index in [-0.39, 0.29) is 18.5 Å². The first kappa shape index (κ1) is 17.2. The molecule has 0 saturated heterocycles. The molecule has 1 unspecified atom stereocenters. The van der Waals surface area contributed by atoms with Gasteiger partial charge in [-0.3, -0.25) is 14.5 Å². The average molecular weight is 296 g/mol. The van der Waals surface area contributed by atoms with Crippen LogP contribution in [0.1, 0.15) is 33.7 Å². The summed E-state index contributed by atoms with van der Waals surface area (Å²) in [4.78, 5) is 24.7. The van der Waals surface area contributed by atoms with Crippen molar-refractivity contribution < 1.29 is 14.7 Å². The second-order valence-corrected chi connectivity index (χ2v) is 5.37. The van der Waals surface area contributed by atoms with Gasteiger partial charge in [-0.2, -0.15) is 5.10 Å². The number of anilines is 1. The highest BCUT2D eigenvalue weighted by molar-refractivity contribution is 5.91. The van der Waals surface area contributed by atoms with Crippen LogP contribution in [0.3, 0.4) is 0 Å². The van der Waals surface area contributed by atoms with Gasteiger partial charge in [-0.05, 0) is 20.4 Å². The van der Waals surface area contributed by atoms with E-state index in [1.54, 1.807) is 23.9 Å². The molecule has 0 radical (unpaired) electrons. The number of rotatable bonds is 8. The fourth-order valence-corrected chi connectivity index (χ4v) is 1.98. The monoisotopic (exact) mass is 296 g/mol. The summed E-state index contributed by atoms with van der Waals surface area (Å²) >= 11 is 0. The molecule has 0 spiro atoms. The van der Waals surface area contributed by atoms with Crippen molar-refractivity contribution in [3.8, 4) is 0 Å². The van der Waals surface area contributed by atoms with Crippen molar-refractivity contribution in [3.05, 3.63) is 12.3 Å². The number of carboxylic acid groups (broad SMARTS) is 1. The number of aliphatic carboxylic acids is 1. The van der Waals surface area contributed by atoms with Gasteiger partial charge in [0.2, 0.25) is 5.91 Å². The van der Waals surface area contributed by atoms with E-state index >= 15 is 0 Å². The first-order valence-corrected chi connectivity index (χ1v) is 7.13. The molecule has 21 heavy (non-hydrogen) atoms. The molecule has 118 valence electrons. The number of hydrogen-bond donors (Lipinski definition) is 2. The maximum atomic E-state index is 12.1. The van der Waals surface area contributed by atoms with Crippen molar-refractivity contribution >= 4 is 17.7 Å². The first-order chi connectivity index (χ1) is 9.85. The Bertz CT molecular complexity index is 484. The van der Waals surface area contributed by atoms with Gasteiger partial charge in [0.25, 0.3) is 0 Å². The Morgan fingerprint density at radius 2 is 2.10 bits per heavy atom. The molecular formula is C14H24N4O3. The summed E-state index contributed by atoms with van der Waals surface area (Å²) in [6.45, 7) is 8.64. The molecule has 7 heteroatoms. The van der Waals surface area contributed by atoms with E-state index in [4.69, 9.17) is 5.11 Å². The minimum absolute atomic E-state index is 0.157. The molecule has 1 rings (SSSR count). The zero-order valence-corrected chi connectivity index (χ0v) is 13.0. The SMILES string of the molecule is CCN(CC(=O)Nc1ccnn1C(C)C)CC(C)C(=O)O. The summed E-state index contributed by atoms with van der Waals surface area (Å²) in [7, 11) is 0. The number of carboxylic acids is 1. The zero-order valence-electron chi connectivity index (χ0n) is 13.0. The first-order valence-electron chi connectivity index (χ1n) is 7.13. The topological polar surface area (TPSA) is 87.5 Å². The lowest BCUT2D eigenvalue weighted by Crippen LogP contribution is -2.38. The summed E-state index contributed by atoms with van der Waals surface area (Å²) in [5.74, 6) is -0.875. The Kier molecular flexibility index (Phi) is 6.36. The van der Waals surface area contributed by atoms with E-state index < -0.39 is 11.9 Å². The Balaban J connectivity index is 2.59. The number of hydrogen-bond acceptors (Lipinski definition) is 4. The average Bonchev–Trinajstić information content (AvgIpc) is 2.85. The van der Waals surface area contributed by atoms with Crippen LogP contribution in [0, 0.1) is 5.92 Å². The normalized spacial score (nSPS) is 12.7. The van der Waals surface area contributed by atoms with E-state index in [1.165, 1.54) is 0 Å². The molecule has 1 amide bonds. The molecule has 1 atom stereocenters. The van der Waals surface area contributed by atoms with Crippen molar-refractivity contribution in [1.82, 2.24) is 14.7 Å². The molecule has 2 N–H and O–H groups in total. The van der Waals surface area contributed by atoms with E-state index in [0.29, 0.717) is 18.9 Å². The van der Waals surface area contributed by atoms with Crippen molar-refractivity contribution in [2.24, 2.45) is 5.92 Å². The van der Waals surface area contributed by atoms with Crippen LogP contribution in [0.25, 0.3) is 0 Å². The maximum absolute atomic E-state index is 12.1. The van der Waals surface area contributed by atoms with Crippen LogP contribution in [0.15, 0.2) is 12.3 Å². The molecule has 0 aliphatic rings. The van der Waals surface area contributed by atoms with E-state index in [0.717, 1.165) is 0 Å². The molecule has 0 bridgehead atoms. The Hall–Kier alpha value is -1.89. The van der Waals surface area contributed by atoms with Crippen LogP contribution in [-0.4, -0.2) is 51.3 Å². The number of amides is 1. The van der Waals surface area contributed by atoms with Crippen molar-refractivity contribution in [2.75, 3.05) is 25.0 Å². The number of nitrogens with one attached hydrogen (secondary N) is 1. The Morgan fingerprint density at radius 3 is 2.62 bits per heavy atom. The third kappa shape index (κ3) is 5.18. The quantitative estimate of drug-likeness (QED) is 0.758. The highest BCUT2D eigenvalue weighted by Gasteiger charge is 2.18. The Labute approximate surface area is 124 Å². The molecule has 0 aliphatic heterocycles. The van der Waals surface area contributed by atoms with Gasteiger partial charge < -0.3 is 10.4 Å². The van der Waals surface area contributed by atoms with Gasteiger partial charge >= 0.3 is 5.97 Å². The van der Waals surface area contributed by atoms with E-state index in [1.807, 2.05) is 25.7 Å². The van der Waals surface area contributed by atoms with E-state index in [2.05, 4.69) is 10.4 Å². The van der Waals surface area contributed by atoms with Gasteiger partial charge in [-0.15, -0.1) is 0 Å². The number of aromatic nitrogens is 2. The van der Waals surface area contributed by atoms with Crippen LogP contribution < -0.4 is 5.32 Å². The number of likely N-dealkylation sites (N-methyl/N-ethyl adjacent to an activating group) is 1. The molecule has 7 nitrogen and oxygen atoms in total. The summed E-state index contributed by atoms with van der Waals surface area (Å²) in [5, 5.41) is 15.9. The summed E-state index contributed by atoms with van der Waals surface area (Å²) in [6, 6.07) is 1.90. The molecule has 1 aromatic heterocycles. The molecule has 1 aromatic rings. The smallest absolute Gasteiger partial charge is 0.307 e. The minimum Gasteiger partial charge on any atom is -0.481 e. The second-order valence-electron chi connectivity index (χ2n) is 5.37. The van der Waals surface area contributed by atoms with Gasteiger partial charge in [-0.25, -0.2) is 4.68 Å². The molecule has 0 saturated carbocycles. The highest BCUT2D eigenvalue weighted by Crippen LogP contribution is 2.13. The largest absolute Gasteiger partial charge is 0.481 e.